The molecule has 4 nitrogen and oxygen atoms in total. The third-order valence-electron chi connectivity index (χ3n) is 2.62. The Labute approximate surface area is 86.5 Å². The smallest absolute Gasteiger partial charge is 0.214 e. The molecule has 1 heterocycles. The minimum atomic E-state index is -3.03. The summed E-state index contributed by atoms with van der Waals surface area (Å²) in [6, 6.07) is 0. The highest BCUT2D eigenvalue weighted by molar-refractivity contribution is 7.89. The lowest BCUT2D eigenvalue weighted by molar-refractivity contribution is 0.281. The summed E-state index contributed by atoms with van der Waals surface area (Å²) in [6.45, 7) is 3.93. The van der Waals surface area contributed by atoms with Crippen molar-refractivity contribution in [3.8, 4) is 0 Å². The van der Waals surface area contributed by atoms with Gasteiger partial charge in [-0.05, 0) is 31.7 Å². The van der Waals surface area contributed by atoms with Crippen LogP contribution in [0, 0.1) is 5.92 Å². The van der Waals surface area contributed by atoms with Gasteiger partial charge in [-0.3, -0.25) is 0 Å². The molecule has 0 aromatic carbocycles. The second-order valence-electron chi connectivity index (χ2n) is 4.06. The van der Waals surface area contributed by atoms with Crippen molar-refractivity contribution in [2.45, 2.75) is 26.2 Å². The molecule has 1 saturated heterocycles. The number of rotatable bonds is 4. The molecule has 0 bridgehead atoms. The lowest BCUT2D eigenvalue weighted by Crippen LogP contribution is -2.40. The summed E-state index contributed by atoms with van der Waals surface area (Å²) in [5, 5.41) is 0. The highest BCUT2D eigenvalue weighted by Crippen LogP contribution is 2.18. The summed E-state index contributed by atoms with van der Waals surface area (Å²) in [5.41, 5.74) is 5.31. The number of hydrogen-bond acceptors (Lipinski definition) is 3. The van der Waals surface area contributed by atoms with Gasteiger partial charge in [-0.25, -0.2) is 12.7 Å². The molecular weight excluding hydrogens is 200 g/mol. The van der Waals surface area contributed by atoms with E-state index in [1.54, 1.807) is 4.31 Å². The molecular formula is C9H20N2O2S. The molecule has 1 atom stereocenters. The highest BCUT2D eigenvalue weighted by atomic mass is 32.2. The van der Waals surface area contributed by atoms with Crippen molar-refractivity contribution in [3.05, 3.63) is 0 Å². The second kappa shape index (κ2) is 5.09. The van der Waals surface area contributed by atoms with Crippen molar-refractivity contribution in [3.63, 3.8) is 0 Å². The predicted molar refractivity (Wildman–Crippen MR) is 57.4 cm³/mol. The van der Waals surface area contributed by atoms with Gasteiger partial charge in [-0.1, -0.05) is 6.92 Å². The van der Waals surface area contributed by atoms with E-state index in [2.05, 4.69) is 6.92 Å². The fourth-order valence-corrected chi connectivity index (χ4v) is 3.47. The van der Waals surface area contributed by atoms with E-state index in [0.717, 1.165) is 12.8 Å². The van der Waals surface area contributed by atoms with Crippen molar-refractivity contribution in [2.24, 2.45) is 11.7 Å². The molecule has 84 valence electrons. The highest BCUT2D eigenvalue weighted by Gasteiger charge is 2.26. The first-order chi connectivity index (χ1) is 6.56. The van der Waals surface area contributed by atoms with Gasteiger partial charge >= 0.3 is 0 Å². The Balaban J connectivity index is 2.53. The number of sulfonamides is 1. The van der Waals surface area contributed by atoms with Crippen LogP contribution in [0.25, 0.3) is 0 Å². The lowest BCUT2D eigenvalue weighted by atomic mass is 10.0. The van der Waals surface area contributed by atoms with E-state index in [1.807, 2.05) is 0 Å². The number of hydrogen-bond donors (Lipinski definition) is 1. The summed E-state index contributed by atoms with van der Waals surface area (Å²) in [5.74, 6) is 0.701. The summed E-state index contributed by atoms with van der Waals surface area (Å²) in [4.78, 5) is 0. The van der Waals surface area contributed by atoms with E-state index in [9.17, 15) is 8.42 Å². The fourth-order valence-electron chi connectivity index (χ4n) is 1.79. The molecule has 2 N–H and O–H groups in total. The summed E-state index contributed by atoms with van der Waals surface area (Å²) in [7, 11) is -3.03. The van der Waals surface area contributed by atoms with E-state index in [1.165, 1.54) is 0 Å². The maximum atomic E-state index is 11.8. The molecule has 1 aliphatic rings. The maximum absolute atomic E-state index is 11.8. The van der Waals surface area contributed by atoms with E-state index in [-0.39, 0.29) is 5.75 Å². The van der Waals surface area contributed by atoms with Gasteiger partial charge in [0.05, 0.1) is 5.75 Å². The molecule has 5 heteroatoms. The minimum absolute atomic E-state index is 0.205. The molecule has 1 unspecified atom stereocenters. The Kier molecular flexibility index (Phi) is 4.34. The Hall–Kier alpha value is -0.130. The molecule has 0 amide bonds. The van der Waals surface area contributed by atoms with Crippen molar-refractivity contribution in [1.82, 2.24) is 4.31 Å². The Morgan fingerprint density at radius 1 is 1.50 bits per heavy atom. The van der Waals surface area contributed by atoms with Crippen molar-refractivity contribution >= 4 is 10.0 Å². The van der Waals surface area contributed by atoms with Gasteiger partial charge in [-0.2, -0.15) is 0 Å². The van der Waals surface area contributed by atoms with Crippen LogP contribution in [0.3, 0.4) is 0 Å². The van der Waals surface area contributed by atoms with Crippen LogP contribution in [-0.2, 0) is 10.0 Å². The molecule has 14 heavy (non-hydrogen) atoms. The maximum Gasteiger partial charge on any atom is 0.214 e. The quantitative estimate of drug-likeness (QED) is 0.746. The SMILES string of the molecule is CC1CCCN(S(=O)(=O)CCCN)C1. The first-order valence-electron chi connectivity index (χ1n) is 5.24. The van der Waals surface area contributed by atoms with Crippen LogP contribution in [0.15, 0.2) is 0 Å². The first-order valence-corrected chi connectivity index (χ1v) is 6.85. The van der Waals surface area contributed by atoms with Crippen LogP contribution < -0.4 is 5.73 Å². The van der Waals surface area contributed by atoms with Crippen LogP contribution in [0.2, 0.25) is 0 Å². The summed E-state index contributed by atoms with van der Waals surface area (Å²) < 4.78 is 25.1. The zero-order valence-corrected chi connectivity index (χ0v) is 9.59. The largest absolute Gasteiger partial charge is 0.330 e. The van der Waals surface area contributed by atoms with Gasteiger partial charge in [0, 0.05) is 13.1 Å². The second-order valence-corrected chi connectivity index (χ2v) is 6.15. The molecule has 0 saturated carbocycles. The molecule has 0 aliphatic carbocycles. The summed E-state index contributed by atoms with van der Waals surface area (Å²) in [6.07, 6.45) is 2.69. The van der Waals surface area contributed by atoms with Crippen molar-refractivity contribution < 1.29 is 8.42 Å². The fraction of sp³-hybridized carbons (Fsp3) is 1.00. The van der Waals surface area contributed by atoms with Gasteiger partial charge in [0.2, 0.25) is 10.0 Å². The topological polar surface area (TPSA) is 63.4 Å². The van der Waals surface area contributed by atoms with Gasteiger partial charge in [-0.15, -0.1) is 0 Å². The van der Waals surface area contributed by atoms with Gasteiger partial charge in [0.1, 0.15) is 0 Å². The molecule has 0 aromatic heterocycles. The number of piperidine rings is 1. The average Bonchev–Trinajstić information content (AvgIpc) is 2.15. The van der Waals surface area contributed by atoms with Crippen LogP contribution in [0.5, 0.6) is 0 Å². The van der Waals surface area contributed by atoms with E-state index >= 15 is 0 Å². The zero-order valence-electron chi connectivity index (χ0n) is 8.78. The van der Waals surface area contributed by atoms with Gasteiger partial charge < -0.3 is 5.73 Å². The van der Waals surface area contributed by atoms with Gasteiger partial charge in [0.25, 0.3) is 0 Å². The standard InChI is InChI=1S/C9H20N2O2S/c1-9-4-2-6-11(8-9)14(12,13)7-3-5-10/h9H,2-8,10H2,1H3. The summed E-state index contributed by atoms with van der Waals surface area (Å²) >= 11 is 0. The van der Waals surface area contributed by atoms with Crippen LogP contribution in [-0.4, -0.2) is 38.1 Å². The van der Waals surface area contributed by atoms with Crippen LogP contribution in [0.1, 0.15) is 26.2 Å². The minimum Gasteiger partial charge on any atom is -0.330 e. The van der Waals surface area contributed by atoms with Crippen LogP contribution in [0.4, 0.5) is 0 Å². The monoisotopic (exact) mass is 220 g/mol. The lowest BCUT2D eigenvalue weighted by Gasteiger charge is -2.29. The molecule has 1 rings (SSSR count). The zero-order chi connectivity index (χ0) is 10.6. The Morgan fingerprint density at radius 3 is 2.79 bits per heavy atom. The normalized spacial score (nSPS) is 25.1. The Morgan fingerprint density at radius 2 is 2.21 bits per heavy atom. The molecule has 1 fully saturated rings. The number of nitrogens with zero attached hydrogens (tertiary/aromatic N) is 1. The third-order valence-corrected chi connectivity index (χ3v) is 4.54. The molecule has 0 aromatic rings. The van der Waals surface area contributed by atoms with Gasteiger partial charge in [0.15, 0.2) is 0 Å². The number of nitrogens with two attached hydrogens (primary N) is 1. The molecule has 0 spiro atoms. The third kappa shape index (κ3) is 3.22. The predicted octanol–water partition coefficient (Wildman–Crippen LogP) is 0.397. The van der Waals surface area contributed by atoms with E-state index in [4.69, 9.17) is 5.73 Å². The first kappa shape index (κ1) is 11.9. The van der Waals surface area contributed by atoms with Crippen LogP contribution >= 0.6 is 0 Å². The van der Waals surface area contributed by atoms with E-state index < -0.39 is 10.0 Å². The van der Waals surface area contributed by atoms with Crippen molar-refractivity contribution in [2.75, 3.05) is 25.4 Å². The molecule has 1 aliphatic heterocycles. The molecule has 0 radical (unpaired) electrons. The van der Waals surface area contributed by atoms with E-state index in [0.29, 0.717) is 32.0 Å². The van der Waals surface area contributed by atoms with Crippen molar-refractivity contribution in [1.29, 1.82) is 0 Å². The average molecular weight is 220 g/mol. The Bertz CT molecular complexity index is 264.